The van der Waals surface area contributed by atoms with E-state index in [1.54, 1.807) is 0 Å². The molecule has 0 saturated carbocycles. The first kappa shape index (κ1) is 57.8. The molecule has 26 heteroatoms. The standard InChI is InChI=1S/C53H56O26/c1-69-33-15-23(3-11-29(33)57)5-13-39(59)71-21-37-42(62)45(65)48(68)52(77-37)79-50-46(66)43(63)38(22-72-40(60)14-6-24-4-12-30(58)34(16-24)70-2)78-53(50)75-35-19-28-31(73-49(35)25-7-9-26(55)10-8-25)17-27(56)18-32(28)74-51-47(67)44(64)41(61)36(20-54)76-51/h3-19,36-38,41-48,50-55,57-58,61-68H,20-22H2,1-2H3/p+1/t36-,37-,38-,41-,42-,43-,44+,45+,46+,47-,48-,50-,51-,52+,53-/m1/s1. The van der Waals surface area contributed by atoms with Crippen LogP contribution in [0.15, 0.2) is 100 Å². The van der Waals surface area contributed by atoms with E-state index in [4.69, 9.17) is 51.8 Å². The van der Waals surface area contributed by atoms with Crippen LogP contribution in [0.25, 0.3) is 34.8 Å². The molecular weight excluding hydrogens is 1050 g/mol. The largest absolute Gasteiger partial charge is 0.510 e. The molecule has 3 fully saturated rings. The van der Waals surface area contributed by atoms with Gasteiger partial charge in [-0.2, -0.15) is 0 Å². The third kappa shape index (κ3) is 13.2. The van der Waals surface area contributed by atoms with E-state index >= 15 is 0 Å². The molecule has 0 aromatic heterocycles. The maximum atomic E-state index is 13.2. The summed E-state index contributed by atoms with van der Waals surface area (Å²) in [5, 5.41) is 128. The number of esters is 2. The number of aliphatic hydroxyl groups is 9. The van der Waals surface area contributed by atoms with Crippen molar-refractivity contribution in [2.24, 2.45) is 0 Å². The van der Waals surface area contributed by atoms with Crippen molar-refractivity contribution in [2.45, 2.75) is 92.1 Å². The van der Waals surface area contributed by atoms with Crippen LogP contribution >= 0.6 is 0 Å². The lowest BCUT2D eigenvalue weighted by molar-refractivity contribution is -0.357. The second-order valence-corrected chi connectivity index (χ2v) is 18.2. The van der Waals surface area contributed by atoms with Crippen molar-refractivity contribution < 1.29 is 123 Å². The van der Waals surface area contributed by atoms with Gasteiger partial charge in [-0.15, -0.1) is 0 Å². The Balaban J connectivity index is 1.11. The number of carbonyl (C=O) groups is 1. The molecule has 3 aromatic rings. The van der Waals surface area contributed by atoms with E-state index in [1.165, 1.54) is 93.1 Å². The predicted octanol–water partition coefficient (Wildman–Crippen LogP) is -0.768. The Hall–Kier alpha value is -7.41. The van der Waals surface area contributed by atoms with Crippen LogP contribution in [0, 0.1) is 0 Å². The van der Waals surface area contributed by atoms with Gasteiger partial charge in [-0.25, -0.2) is 4.79 Å². The summed E-state index contributed by atoms with van der Waals surface area (Å²) in [5.41, 5.74) is 0.242. The maximum absolute atomic E-state index is 13.2. The fraction of sp³-hybridized carbons (Fsp3) is 0.377. The molecule has 79 heavy (non-hydrogen) atoms. The summed E-state index contributed by atoms with van der Waals surface area (Å²) in [6.07, 6.45) is -23.4. The third-order valence-corrected chi connectivity index (χ3v) is 12.9. The number of hydrogen-bond acceptors (Lipinski definition) is 25. The van der Waals surface area contributed by atoms with E-state index in [2.05, 4.69) is 0 Å². The molecule has 0 spiro atoms. The average molecular weight is 1110 g/mol. The highest BCUT2D eigenvalue weighted by Crippen LogP contribution is 2.44. The lowest BCUT2D eigenvalue weighted by atomic mass is 9.97. The minimum absolute atomic E-state index is 0.102. The highest BCUT2D eigenvalue weighted by molar-refractivity contribution is 5.88. The van der Waals surface area contributed by atoms with Crippen molar-refractivity contribution in [1.29, 1.82) is 0 Å². The number of hydrogen-bond donors (Lipinski definition) is 12. The molecule has 0 bridgehead atoms. The number of benzene rings is 4. The zero-order valence-electron chi connectivity index (χ0n) is 41.7. The third-order valence-electron chi connectivity index (χ3n) is 12.9. The summed E-state index contributed by atoms with van der Waals surface area (Å²) in [7, 11) is 2.67. The molecule has 13 N–H and O–H groups in total. The zero-order chi connectivity index (χ0) is 56.8. The van der Waals surface area contributed by atoms with Crippen LogP contribution in [-0.4, -0.2) is 204 Å². The predicted molar refractivity (Wildman–Crippen MR) is 267 cm³/mol. The van der Waals surface area contributed by atoms with E-state index in [9.17, 15) is 75.7 Å². The van der Waals surface area contributed by atoms with Gasteiger partial charge in [-0.3, -0.25) is 4.79 Å². The van der Waals surface area contributed by atoms with E-state index in [1.807, 2.05) is 0 Å². The Morgan fingerprint density at radius 2 is 1.13 bits per heavy atom. The number of rotatable bonds is 18. The van der Waals surface area contributed by atoms with Crippen LogP contribution in [0.3, 0.4) is 0 Å². The van der Waals surface area contributed by atoms with Gasteiger partial charge in [0.1, 0.15) is 91.0 Å². The Labute approximate surface area is 447 Å². The van der Waals surface area contributed by atoms with Crippen LogP contribution in [0.5, 0.6) is 40.2 Å². The number of ether oxygens (including phenoxy) is 10. The molecule has 424 valence electrons. The molecule has 3 saturated heterocycles. The number of carbonyl (C=O) groups excluding carboxylic acids is 2. The second kappa shape index (κ2) is 25.1. The van der Waals surface area contributed by atoms with Gasteiger partial charge in [0.2, 0.25) is 19.2 Å². The van der Waals surface area contributed by atoms with E-state index in [0.717, 1.165) is 24.3 Å². The first-order valence-electron chi connectivity index (χ1n) is 24.1. The van der Waals surface area contributed by atoms with Gasteiger partial charge < -0.3 is 118 Å². The summed E-state index contributed by atoms with van der Waals surface area (Å²) in [6.45, 7) is -2.28. The molecule has 0 amide bonds. The highest BCUT2D eigenvalue weighted by atomic mass is 16.8. The van der Waals surface area contributed by atoms with Gasteiger partial charge in [0.15, 0.2) is 52.3 Å². The monoisotopic (exact) mass is 1110 g/mol. The molecule has 5 aliphatic rings. The minimum Gasteiger partial charge on any atom is -0.508 e. The van der Waals surface area contributed by atoms with Crippen molar-refractivity contribution in [3.63, 3.8) is 0 Å². The summed E-state index contributed by atoms with van der Waals surface area (Å²) in [4.78, 5) is 36.8. The van der Waals surface area contributed by atoms with Crippen LogP contribution in [-0.2, 0) is 33.2 Å². The van der Waals surface area contributed by atoms with Crippen molar-refractivity contribution in [2.75, 3.05) is 34.0 Å². The van der Waals surface area contributed by atoms with Crippen LogP contribution < -0.4 is 24.4 Å². The van der Waals surface area contributed by atoms with Crippen LogP contribution in [0.1, 0.15) is 11.1 Å². The quantitative estimate of drug-likeness (QED) is 0.0291. The number of methoxy groups -OCH3 is 2. The van der Waals surface area contributed by atoms with Crippen LogP contribution in [0.2, 0.25) is 0 Å². The Morgan fingerprint density at radius 1 is 0.582 bits per heavy atom. The summed E-state index contributed by atoms with van der Waals surface area (Å²) in [5.74, 6) is -3.03. The molecule has 4 aliphatic heterocycles. The highest BCUT2D eigenvalue weighted by Gasteiger charge is 2.53. The average Bonchev–Trinajstić information content (AvgIpc) is 3.55. The molecule has 0 unspecified atom stereocenters. The molecule has 15 atom stereocenters. The fourth-order valence-corrected chi connectivity index (χ4v) is 8.53. The Bertz CT molecular complexity index is 2990. The van der Waals surface area contributed by atoms with Crippen molar-refractivity contribution in [3.8, 4) is 62.9 Å². The molecule has 0 radical (unpaired) electrons. The summed E-state index contributed by atoms with van der Waals surface area (Å²) < 4.78 is 63.2. The first-order chi connectivity index (χ1) is 37.8. The van der Waals surface area contributed by atoms with Gasteiger partial charge >= 0.3 is 11.9 Å². The van der Waals surface area contributed by atoms with Crippen molar-refractivity contribution in [1.82, 2.24) is 0 Å². The first-order valence-corrected chi connectivity index (χ1v) is 24.1. The Morgan fingerprint density at radius 3 is 1.75 bits per heavy atom. The molecule has 26 nitrogen and oxygen atoms in total. The van der Waals surface area contributed by atoms with Crippen molar-refractivity contribution >= 4 is 24.1 Å². The van der Waals surface area contributed by atoms with E-state index < -0.39 is 129 Å². The van der Waals surface area contributed by atoms with Crippen LogP contribution in [0.4, 0.5) is 0 Å². The van der Waals surface area contributed by atoms with Gasteiger partial charge in [0.05, 0.1) is 32.5 Å². The molecule has 1 aliphatic carbocycles. The van der Waals surface area contributed by atoms with Gasteiger partial charge in [-0.1, -0.05) is 12.1 Å². The number of fused-ring (bicyclic) bond motifs is 1. The van der Waals surface area contributed by atoms with Gasteiger partial charge in [0.25, 0.3) is 0 Å². The topological polar surface area (TPSA) is 404 Å². The normalized spacial score (nSPS) is 29.1. The molecule has 4 heterocycles. The molecule has 8 rings (SSSR count). The van der Waals surface area contributed by atoms with E-state index in [-0.39, 0.29) is 62.9 Å². The van der Waals surface area contributed by atoms with E-state index in [0.29, 0.717) is 11.1 Å². The molecular formula is C53H57O26+. The summed E-state index contributed by atoms with van der Waals surface area (Å²) >= 11 is 0. The minimum atomic E-state index is -2.12. The SMILES string of the molecule is COc1cc(C=CC(=O)OC[C@H]2O[C@@H](Oc3cc4c(O[C@@H]5O[C@H](CO)[C@@H](O)[C@H](O)[C@H]5O)cc(=O)cc-4oc3-c3ccc(O)cc3)[C@H](O[C@@H]3O[C@H](COC(=[OH+])C=Cc4ccc(O)c(OC)c4)[C@@H](O)[C@H](O)[C@H]3O)[C@@H](O)[C@@H]2O)ccc1O. The summed E-state index contributed by atoms with van der Waals surface area (Å²) in [6, 6.07) is 17.1. The lowest BCUT2D eigenvalue weighted by Crippen LogP contribution is -2.65. The smallest absolute Gasteiger partial charge is 0.508 e. The number of phenolic OH excluding ortho intramolecular Hbond substituents is 3. The zero-order valence-corrected chi connectivity index (χ0v) is 41.7. The Kier molecular flexibility index (Phi) is 18.4. The van der Waals surface area contributed by atoms with Crippen molar-refractivity contribution in [3.05, 3.63) is 112 Å². The molecule has 3 aromatic carbocycles. The number of aliphatic hydroxyl groups excluding tert-OH is 9. The van der Waals surface area contributed by atoms with Gasteiger partial charge in [-0.05, 0) is 77.9 Å². The van der Waals surface area contributed by atoms with Gasteiger partial charge in [0, 0.05) is 23.8 Å². The lowest BCUT2D eigenvalue weighted by Gasteiger charge is -2.45. The number of aromatic hydroxyl groups is 3. The number of phenols is 3. The second-order valence-electron chi connectivity index (χ2n) is 18.2. The maximum Gasteiger partial charge on any atom is 0.510 e. The fourth-order valence-electron chi connectivity index (χ4n) is 8.53.